The van der Waals surface area contributed by atoms with Crippen molar-refractivity contribution in [2.24, 2.45) is 0 Å². The molecule has 1 aromatic carbocycles. The Morgan fingerprint density at radius 1 is 1.04 bits per heavy atom. The molecule has 1 unspecified atom stereocenters. The summed E-state index contributed by atoms with van der Waals surface area (Å²) >= 11 is 0. The fourth-order valence-corrected chi connectivity index (χ4v) is 1.76. The van der Waals surface area contributed by atoms with Crippen molar-refractivity contribution >= 4 is 18.0 Å². The lowest BCUT2D eigenvalue weighted by Gasteiger charge is -2.14. The molecule has 25 heavy (non-hydrogen) atoms. The van der Waals surface area contributed by atoms with Crippen LogP contribution in [-0.4, -0.2) is 36.7 Å². The Balaban J connectivity index is 2.23. The maximum absolute atomic E-state index is 11.8. The van der Waals surface area contributed by atoms with Crippen LogP contribution < -0.4 is 10.6 Å². The third-order valence-corrected chi connectivity index (χ3v) is 2.86. The molecule has 0 spiro atoms. The molecular weight excluding hydrogens is 324 g/mol. The fourth-order valence-electron chi connectivity index (χ4n) is 1.76. The van der Waals surface area contributed by atoms with Crippen molar-refractivity contribution in [3.05, 3.63) is 48.0 Å². The molecule has 1 rings (SSSR count). The van der Waals surface area contributed by atoms with Gasteiger partial charge in [-0.15, -0.1) is 0 Å². The van der Waals surface area contributed by atoms with Crippen molar-refractivity contribution in [1.29, 1.82) is 0 Å². The van der Waals surface area contributed by atoms with Crippen LogP contribution in [0, 0.1) is 0 Å². The van der Waals surface area contributed by atoms with E-state index in [1.165, 1.54) is 0 Å². The van der Waals surface area contributed by atoms with Gasteiger partial charge in [0.2, 0.25) is 0 Å². The molecule has 1 aromatic rings. The molecule has 1 atom stereocenters. The minimum absolute atomic E-state index is 0.0127. The number of benzene rings is 1. The first-order valence-electron chi connectivity index (χ1n) is 8.00. The number of esters is 2. The number of rotatable bonds is 8. The van der Waals surface area contributed by atoms with Crippen LogP contribution in [0.5, 0.6) is 0 Å². The Morgan fingerprint density at radius 3 is 2.32 bits per heavy atom. The summed E-state index contributed by atoms with van der Waals surface area (Å²) in [6.07, 6.45) is 1.74. The van der Waals surface area contributed by atoms with Crippen LogP contribution >= 0.6 is 0 Å². The zero-order chi connectivity index (χ0) is 18.7. The van der Waals surface area contributed by atoms with E-state index in [1.807, 2.05) is 30.3 Å². The van der Waals surface area contributed by atoms with Crippen molar-refractivity contribution < 1.29 is 23.9 Å². The molecular formula is C18H24N2O5. The van der Waals surface area contributed by atoms with E-state index in [4.69, 9.17) is 9.47 Å². The monoisotopic (exact) mass is 348 g/mol. The summed E-state index contributed by atoms with van der Waals surface area (Å²) in [5.41, 5.74) is 0.982. The van der Waals surface area contributed by atoms with Gasteiger partial charge in [-0.25, -0.2) is 14.4 Å². The van der Waals surface area contributed by atoms with Crippen molar-refractivity contribution in [1.82, 2.24) is 10.6 Å². The zero-order valence-corrected chi connectivity index (χ0v) is 14.7. The van der Waals surface area contributed by atoms with Gasteiger partial charge in [0.05, 0.1) is 12.1 Å². The zero-order valence-electron chi connectivity index (χ0n) is 14.7. The molecule has 0 saturated heterocycles. The Labute approximate surface area is 147 Å². The van der Waals surface area contributed by atoms with Gasteiger partial charge in [0.1, 0.15) is 6.61 Å². The maximum Gasteiger partial charge on any atom is 0.331 e. The van der Waals surface area contributed by atoms with E-state index in [9.17, 15) is 14.4 Å². The number of amides is 2. The molecule has 0 fully saturated rings. The lowest BCUT2D eigenvalue weighted by molar-refractivity contribution is -0.143. The second kappa shape index (κ2) is 10.9. The predicted molar refractivity (Wildman–Crippen MR) is 92.6 cm³/mol. The van der Waals surface area contributed by atoms with Crippen LogP contribution in [0.25, 0.3) is 0 Å². The standard InChI is InChI=1S/C18H24N2O5/c1-13(2)25-17(22)10-9-16(21)24-12-14(3)20-18(23)19-11-15-7-5-4-6-8-15/h4-10,13-14H,11-12H2,1-3H3,(H2,19,20,23). The summed E-state index contributed by atoms with van der Waals surface area (Å²) in [5.74, 6) is -1.29. The lowest BCUT2D eigenvalue weighted by atomic mass is 10.2. The largest absolute Gasteiger partial charge is 0.460 e. The first kappa shape index (κ1) is 20.2. The molecule has 0 bridgehead atoms. The number of hydrogen-bond donors (Lipinski definition) is 2. The van der Waals surface area contributed by atoms with Crippen LogP contribution in [0.4, 0.5) is 4.79 Å². The Kier molecular flexibility index (Phi) is 8.78. The summed E-state index contributed by atoms with van der Waals surface area (Å²) in [5, 5.41) is 5.36. The summed E-state index contributed by atoms with van der Waals surface area (Å²) in [4.78, 5) is 34.5. The first-order valence-corrected chi connectivity index (χ1v) is 8.00. The fraction of sp³-hybridized carbons (Fsp3) is 0.389. The number of carbonyl (C=O) groups excluding carboxylic acids is 3. The summed E-state index contributed by atoms with van der Waals surface area (Å²) < 4.78 is 9.79. The molecule has 0 saturated carbocycles. The molecule has 0 aromatic heterocycles. The minimum Gasteiger partial charge on any atom is -0.460 e. The normalized spacial score (nSPS) is 11.8. The third kappa shape index (κ3) is 9.80. The molecule has 7 nitrogen and oxygen atoms in total. The van der Waals surface area contributed by atoms with E-state index in [0.717, 1.165) is 17.7 Å². The smallest absolute Gasteiger partial charge is 0.331 e. The van der Waals surface area contributed by atoms with Gasteiger partial charge in [-0.1, -0.05) is 30.3 Å². The maximum atomic E-state index is 11.8. The average molecular weight is 348 g/mol. The summed E-state index contributed by atoms with van der Waals surface area (Å²) in [6, 6.07) is 8.75. The molecule has 0 radical (unpaired) electrons. The highest BCUT2D eigenvalue weighted by atomic mass is 16.5. The molecule has 2 N–H and O–H groups in total. The van der Waals surface area contributed by atoms with Gasteiger partial charge in [-0.3, -0.25) is 0 Å². The van der Waals surface area contributed by atoms with E-state index in [1.54, 1.807) is 20.8 Å². The molecule has 0 aliphatic carbocycles. The molecule has 0 aliphatic rings. The number of urea groups is 1. The van der Waals surface area contributed by atoms with Gasteiger partial charge in [-0.05, 0) is 26.3 Å². The number of hydrogen-bond acceptors (Lipinski definition) is 5. The Bertz CT molecular complexity index is 599. The van der Waals surface area contributed by atoms with Crippen LogP contribution in [-0.2, 0) is 25.6 Å². The van der Waals surface area contributed by atoms with E-state index >= 15 is 0 Å². The molecule has 136 valence electrons. The summed E-state index contributed by atoms with van der Waals surface area (Å²) in [6.45, 7) is 5.51. The highest BCUT2D eigenvalue weighted by molar-refractivity contribution is 5.91. The molecule has 0 heterocycles. The lowest BCUT2D eigenvalue weighted by Crippen LogP contribution is -2.42. The van der Waals surface area contributed by atoms with E-state index < -0.39 is 11.9 Å². The van der Waals surface area contributed by atoms with Gasteiger partial charge >= 0.3 is 18.0 Å². The average Bonchev–Trinajstić information content (AvgIpc) is 2.56. The van der Waals surface area contributed by atoms with Gasteiger partial charge < -0.3 is 20.1 Å². The minimum atomic E-state index is -0.681. The second-order valence-electron chi connectivity index (χ2n) is 5.66. The predicted octanol–water partition coefficient (Wildman–Crippen LogP) is 1.93. The first-order chi connectivity index (χ1) is 11.9. The van der Waals surface area contributed by atoms with Crippen LogP contribution in [0.1, 0.15) is 26.3 Å². The van der Waals surface area contributed by atoms with Gasteiger partial charge in [0, 0.05) is 18.7 Å². The van der Waals surface area contributed by atoms with Crippen LogP contribution in [0.2, 0.25) is 0 Å². The van der Waals surface area contributed by atoms with E-state index in [2.05, 4.69) is 10.6 Å². The highest BCUT2D eigenvalue weighted by Gasteiger charge is 2.09. The van der Waals surface area contributed by atoms with E-state index in [-0.39, 0.29) is 24.8 Å². The molecule has 7 heteroatoms. The SMILES string of the molecule is CC(COC(=O)C=CC(=O)OC(C)C)NC(=O)NCc1ccccc1. The van der Waals surface area contributed by atoms with Gasteiger partial charge in [0.25, 0.3) is 0 Å². The Hall–Kier alpha value is -2.83. The van der Waals surface area contributed by atoms with Crippen molar-refractivity contribution in [2.75, 3.05) is 6.61 Å². The van der Waals surface area contributed by atoms with E-state index in [0.29, 0.717) is 6.54 Å². The van der Waals surface area contributed by atoms with Crippen LogP contribution in [0.3, 0.4) is 0 Å². The van der Waals surface area contributed by atoms with Crippen molar-refractivity contribution in [3.63, 3.8) is 0 Å². The second-order valence-corrected chi connectivity index (χ2v) is 5.66. The topological polar surface area (TPSA) is 93.7 Å². The number of nitrogens with one attached hydrogen (secondary N) is 2. The molecule has 0 aliphatic heterocycles. The van der Waals surface area contributed by atoms with Gasteiger partial charge in [-0.2, -0.15) is 0 Å². The highest BCUT2D eigenvalue weighted by Crippen LogP contribution is 1.97. The Morgan fingerprint density at radius 2 is 1.68 bits per heavy atom. The summed E-state index contributed by atoms with van der Waals surface area (Å²) in [7, 11) is 0. The molecule has 2 amide bonds. The number of ether oxygens (including phenoxy) is 2. The van der Waals surface area contributed by atoms with Crippen LogP contribution in [0.15, 0.2) is 42.5 Å². The number of carbonyl (C=O) groups is 3. The van der Waals surface area contributed by atoms with Crippen molar-refractivity contribution in [3.8, 4) is 0 Å². The van der Waals surface area contributed by atoms with Gasteiger partial charge in [0.15, 0.2) is 0 Å². The quantitative estimate of drug-likeness (QED) is 0.553. The van der Waals surface area contributed by atoms with Crippen molar-refractivity contribution in [2.45, 2.75) is 39.5 Å². The third-order valence-electron chi connectivity index (χ3n) is 2.86.